The van der Waals surface area contributed by atoms with E-state index in [1.54, 1.807) is 24.3 Å². The predicted molar refractivity (Wildman–Crippen MR) is 78.3 cm³/mol. The van der Waals surface area contributed by atoms with Gasteiger partial charge in [0.25, 0.3) is 0 Å². The van der Waals surface area contributed by atoms with Crippen LogP contribution >= 0.6 is 11.6 Å². The van der Waals surface area contributed by atoms with Gasteiger partial charge in [0.1, 0.15) is 5.82 Å². The lowest BCUT2D eigenvalue weighted by Gasteiger charge is -2.07. The number of carbonyl (C=O) groups excluding carboxylic acids is 1. The molecule has 3 rings (SSSR count). The van der Waals surface area contributed by atoms with Crippen molar-refractivity contribution in [1.29, 1.82) is 0 Å². The molecule has 1 aromatic heterocycles. The van der Waals surface area contributed by atoms with Crippen LogP contribution in [0.2, 0.25) is 5.02 Å². The fourth-order valence-corrected chi connectivity index (χ4v) is 2.34. The molecule has 0 atom stereocenters. The Balaban J connectivity index is 2.17. The summed E-state index contributed by atoms with van der Waals surface area (Å²) < 4.78 is 14.2. The van der Waals surface area contributed by atoms with Crippen LogP contribution in [0.25, 0.3) is 16.9 Å². The number of benzene rings is 2. The quantitative estimate of drug-likeness (QED) is 0.746. The summed E-state index contributed by atoms with van der Waals surface area (Å²) in [5.74, 6) is -1.80. The summed E-state index contributed by atoms with van der Waals surface area (Å²) in [4.78, 5) is 11.3. The van der Waals surface area contributed by atoms with E-state index < -0.39 is 11.8 Å². The first-order chi connectivity index (χ1) is 10.6. The number of hydrogen-bond acceptors (Lipinski definition) is 3. The molecule has 0 bridgehead atoms. The van der Waals surface area contributed by atoms with E-state index in [4.69, 9.17) is 11.6 Å². The first-order valence-electron chi connectivity index (χ1n) is 6.38. The summed E-state index contributed by atoms with van der Waals surface area (Å²) in [5, 5.41) is 16.0. The third-order valence-corrected chi connectivity index (χ3v) is 3.47. The lowest BCUT2D eigenvalue weighted by molar-refractivity contribution is -0.255. The molecule has 1 heterocycles. The smallest absolute Gasteiger partial charge is 0.123 e. The number of aromatic nitrogens is 2. The number of aromatic carboxylic acids is 1. The molecule has 0 spiro atoms. The Hall–Kier alpha value is -2.66. The van der Waals surface area contributed by atoms with E-state index >= 15 is 0 Å². The van der Waals surface area contributed by atoms with Crippen molar-refractivity contribution < 1.29 is 14.3 Å². The fraction of sp³-hybridized carbons (Fsp3) is 0. The average molecular weight is 316 g/mol. The predicted octanol–water partition coefficient (Wildman–Crippen LogP) is 2.70. The van der Waals surface area contributed by atoms with Gasteiger partial charge in [0, 0.05) is 5.56 Å². The molecule has 0 radical (unpaired) electrons. The zero-order chi connectivity index (χ0) is 15.7. The van der Waals surface area contributed by atoms with Crippen molar-refractivity contribution in [3.8, 4) is 16.9 Å². The summed E-state index contributed by atoms with van der Waals surface area (Å²) in [6.45, 7) is 0. The summed E-state index contributed by atoms with van der Waals surface area (Å²) in [6.07, 6.45) is 0. The lowest BCUT2D eigenvalue weighted by Crippen LogP contribution is -2.25. The minimum atomic E-state index is -1.38. The number of carbonyl (C=O) groups is 1. The molecule has 110 valence electrons. The third kappa shape index (κ3) is 2.58. The molecule has 0 fully saturated rings. The minimum Gasteiger partial charge on any atom is -0.543 e. The van der Waals surface area contributed by atoms with E-state index in [1.807, 2.05) is 0 Å². The van der Waals surface area contributed by atoms with Crippen molar-refractivity contribution in [2.24, 2.45) is 0 Å². The van der Waals surface area contributed by atoms with Crippen LogP contribution in [0.3, 0.4) is 0 Å². The van der Waals surface area contributed by atoms with Gasteiger partial charge in [-0.3, -0.25) is 0 Å². The van der Waals surface area contributed by atoms with Crippen molar-refractivity contribution >= 4 is 17.6 Å². The topological polar surface area (TPSA) is 57.9 Å². The molecule has 0 aliphatic heterocycles. The molecular weight excluding hydrogens is 307 g/mol. The molecule has 6 heteroatoms. The van der Waals surface area contributed by atoms with E-state index in [0.29, 0.717) is 22.0 Å². The van der Waals surface area contributed by atoms with Crippen LogP contribution in [-0.2, 0) is 0 Å². The van der Waals surface area contributed by atoms with Crippen LogP contribution < -0.4 is 5.11 Å². The fourth-order valence-electron chi connectivity index (χ4n) is 2.11. The Morgan fingerprint density at radius 3 is 2.45 bits per heavy atom. The Labute approximate surface area is 130 Å². The van der Waals surface area contributed by atoms with Crippen LogP contribution in [0.4, 0.5) is 4.39 Å². The Kier molecular flexibility index (Phi) is 3.65. The number of carboxylic acids is 1. The van der Waals surface area contributed by atoms with Crippen LogP contribution in [0, 0.1) is 5.82 Å². The normalized spacial score (nSPS) is 10.6. The zero-order valence-corrected chi connectivity index (χ0v) is 11.9. The second-order valence-corrected chi connectivity index (χ2v) is 4.98. The van der Waals surface area contributed by atoms with Gasteiger partial charge in [0.15, 0.2) is 0 Å². The zero-order valence-electron chi connectivity index (χ0n) is 11.2. The SMILES string of the molecule is O=C([O-])c1cc(-c2ccccc2Cl)nn1-c1ccc(F)cc1. The number of hydrogen-bond donors (Lipinski definition) is 0. The first-order valence-corrected chi connectivity index (χ1v) is 6.76. The number of carboxylic acid groups (broad SMARTS) is 1. The monoisotopic (exact) mass is 315 g/mol. The Bertz CT molecular complexity index is 844. The van der Waals surface area contributed by atoms with Gasteiger partial charge in [-0.15, -0.1) is 0 Å². The van der Waals surface area contributed by atoms with Gasteiger partial charge in [0.05, 0.1) is 28.1 Å². The highest BCUT2D eigenvalue weighted by atomic mass is 35.5. The van der Waals surface area contributed by atoms with E-state index in [2.05, 4.69) is 5.10 Å². The van der Waals surface area contributed by atoms with Crippen LogP contribution in [0.5, 0.6) is 0 Å². The van der Waals surface area contributed by atoms with Gasteiger partial charge in [-0.1, -0.05) is 29.8 Å². The summed E-state index contributed by atoms with van der Waals surface area (Å²) in [7, 11) is 0. The molecule has 0 amide bonds. The molecule has 0 aliphatic rings. The van der Waals surface area contributed by atoms with Crippen molar-refractivity contribution in [3.63, 3.8) is 0 Å². The van der Waals surface area contributed by atoms with Crippen LogP contribution in [-0.4, -0.2) is 15.7 Å². The van der Waals surface area contributed by atoms with E-state index in [-0.39, 0.29) is 5.69 Å². The maximum atomic E-state index is 13.0. The van der Waals surface area contributed by atoms with E-state index in [0.717, 1.165) is 0 Å². The summed E-state index contributed by atoms with van der Waals surface area (Å²) in [5.41, 5.74) is 1.28. The molecule has 2 aromatic carbocycles. The molecule has 0 unspecified atom stereocenters. The van der Waals surface area contributed by atoms with Gasteiger partial charge in [0.2, 0.25) is 0 Å². The highest BCUT2D eigenvalue weighted by Gasteiger charge is 2.14. The maximum Gasteiger partial charge on any atom is 0.123 e. The highest BCUT2D eigenvalue weighted by molar-refractivity contribution is 6.33. The van der Waals surface area contributed by atoms with Crippen LogP contribution in [0.15, 0.2) is 54.6 Å². The van der Waals surface area contributed by atoms with Crippen molar-refractivity contribution in [2.75, 3.05) is 0 Å². The molecule has 3 aromatic rings. The molecule has 22 heavy (non-hydrogen) atoms. The summed E-state index contributed by atoms with van der Waals surface area (Å²) in [6, 6.07) is 13.7. The van der Waals surface area contributed by atoms with E-state index in [9.17, 15) is 14.3 Å². The summed E-state index contributed by atoms with van der Waals surface area (Å²) >= 11 is 6.10. The van der Waals surface area contributed by atoms with Crippen molar-refractivity contribution in [3.05, 3.63) is 71.1 Å². The number of nitrogens with zero attached hydrogens (tertiary/aromatic N) is 2. The van der Waals surface area contributed by atoms with Gasteiger partial charge < -0.3 is 9.90 Å². The third-order valence-electron chi connectivity index (χ3n) is 3.14. The van der Waals surface area contributed by atoms with Crippen LogP contribution in [0.1, 0.15) is 10.5 Å². The minimum absolute atomic E-state index is 0.137. The van der Waals surface area contributed by atoms with Gasteiger partial charge in [-0.05, 0) is 36.4 Å². The van der Waals surface area contributed by atoms with Crippen molar-refractivity contribution in [2.45, 2.75) is 0 Å². The molecule has 0 N–H and O–H groups in total. The first kappa shape index (κ1) is 14.3. The molecule has 0 saturated carbocycles. The van der Waals surface area contributed by atoms with E-state index in [1.165, 1.54) is 35.0 Å². The largest absolute Gasteiger partial charge is 0.543 e. The van der Waals surface area contributed by atoms with Gasteiger partial charge >= 0.3 is 0 Å². The second kappa shape index (κ2) is 5.61. The van der Waals surface area contributed by atoms with Gasteiger partial charge in [-0.25, -0.2) is 9.07 Å². The highest BCUT2D eigenvalue weighted by Crippen LogP contribution is 2.28. The standard InChI is InChI=1S/C16H10ClFN2O2/c17-13-4-2-1-3-12(13)14-9-15(16(21)22)20(19-14)11-7-5-10(18)6-8-11/h1-9H,(H,21,22)/p-1. The molecule has 0 saturated heterocycles. The molecule has 0 aliphatic carbocycles. The number of halogens is 2. The Morgan fingerprint density at radius 2 is 1.82 bits per heavy atom. The maximum absolute atomic E-state index is 13.0. The second-order valence-electron chi connectivity index (χ2n) is 4.57. The lowest BCUT2D eigenvalue weighted by atomic mass is 10.1. The van der Waals surface area contributed by atoms with Gasteiger partial charge in [-0.2, -0.15) is 5.10 Å². The average Bonchev–Trinajstić information content (AvgIpc) is 2.93. The molecular formula is C16H9ClFN2O2-. The molecule has 4 nitrogen and oxygen atoms in total. The number of rotatable bonds is 3. The van der Waals surface area contributed by atoms with Crippen molar-refractivity contribution in [1.82, 2.24) is 9.78 Å². The Morgan fingerprint density at radius 1 is 1.14 bits per heavy atom.